The van der Waals surface area contributed by atoms with Crippen molar-refractivity contribution in [2.75, 3.05) is 13.2 Å². The Morgan fingerprint density at radius 3 is 2.90 bits per heavy atom. The molecule has 1 rings (SSSR count). The van der Waals surface area contributed by atoms with E-state index in [1.807, 2.05) is 12.2 Å². The molecule has 3 N–H and O–H groups in total. The molecule has 0 saturated carbocycles. The second kappa shape index (κ2) is 3.39. The van der Waals surface area contributed by atoms with Crippen LogP contribution in [-0.2, 0) is 0 Å². The van der Waals surface area contributed by atoms with Crippen molar-refractivity contribution in [3.8, 4) is 0 Å². The first kappa shape index (κ1) is 7.31. The molecule has 56 valence electrons. The van der Waals surface area contributed by atoms with Gasteiger partial charge in [-0.05, 0) is 6.08 Å². The number of hydrogen-bond acceptors (Lipinski definition) is 3. The van der Waals surface area contributed by atoms with Crippen molar-refractivity contribution in [3.63, 3.8) is 0 Å². The second-order valence-electron chi connectivity index (χ2n) is 2.17. The van der Waals surface area contributed by atoms with Gasteiger partial charge in [0.25, 0.3) is 0 Å². The Morgan fingerprint density at radius 2 is 2.30 bits per heavy atom. The maximum atomic E-state index is 8.68. The van der Waals surface area contributed by atoms with Crippen molar-refractivity contribution >= 4 is 0 Å². The minimum atomic E-state index is -0.0350. The maximum absolute atomic E-state index is 8.68. The smallest absolute Gasteiger partial charge is 0.0827 e. The molecule has 10 heavy (non-hydrogen) atoms. The second-order valence-corrected chi connectivity index (χ2v) is 2.17. The molecular formula is C7H11NO2. The first-order chi connectivity index (χ1) is 4.86. The topological polar surface area (TPSA) is 52.5 Å². The summed E-state index contributed by atoms with van der Waals surface area (Å²) < 4.78 is 0. The third-order valence-electron chi connectivity index (χ3n) is 1.38. The highest BCUT2D eigenvalue weighted by atomic mass is 16.3. The van der Waals surface area contributed by atoms with Crippen molar-refractivity contribution < 1.29 is 10.2 Å². The van der Waals surface area contributed by atoms with E-state index in [1.54, 1.807) is 6.08 Å². The maximum Gasteiger partial charge on any atom is 0.0827 e. The van der Waals surface area contributed by atoms with Gasteiger partial charge in [-0.25, -0.2) is 0 Å². The molecule has 0 aliphatic carbocycles. The molecule has 0 spiro atoms. The third kappa shape index (κ3) is 1.59. The molecule has 0 fully saturated rings. The first-order valence-corrected chi connectivity index (χ1v) is 3.22. The molecule has 3 heteroatoms. The largest absolute Gasteiger partial charge is 0.394 e. The van der Waals surface area contributed by atoms with Crippen molar-refractivity contribution in [2.24, 2.45) is 0 Å². The summed E-state index contributed by atoms with van der Waals surface area (Å²) in [6.07, 6.45) is 5.45. The molecule has 1 atom stereocenters. The van der Waals surface area contributed by atoms with E-state index in [4.69, 9.17) is 10.2 Å². The predicted octanol–water partition coefficient (Wildman–Crippen LogP) is -0.617. The van der Waals surface area contributed by atoms with Gasteiger partial charge in [-0.3, -0.25) is 0 Å². The number of nitrogens with one attached hydrogen (secondary N) is 1. The van der Waals surface area contributed by atoms with Crippen molar-refractivity contribution in [1.82, 2.24) is 5.32 Å². The lowest BCUT2D eigenvalue weighted by molar-refractivity contribution is 0.259. The average molecular weight is 141 g/mol. The summed E-state index contributed by atoms with van der Waals surface area (Å²) in [5.41, 5.74) is 0.751. The zero-order valence-corrected chi connectivity index (χ0v) is 5.62. The van der Waals surface area contributed by atoms with Crippen LogP contribution in [0, 0.1) is 0 Å². The number of hydrogen-bond donors (Lipinski definition) is 3. The third-order valence-corrected chi connectivity index (χ3v) is 1.38. The fourth-order valence-electron chi connectivity index (χ4n) is 0.845. The molecule has 0 radical (unpaired) electrons. The van der Waals surface area contributed by atoms with Gasteiger partial charge < -0.3 is 15.5 Å². The fraction of sp³-hybridized carbons (Fsp3) is 0.429. The van der Waals surface area contributed by atoms with Gasteiger partial charge in [0, 0.05) is 5.70 Å². The van der Waals surface area contributed by atoms with E-state index in [2.05, 4.69) is 5.32 Å². The van der Waals surface area contributed by atoms with E-state index in [1.165, 1.54) is 0 Å². The van der Waals surface area contributed by atoms with E-state index < -0.39 is 0 Å². The van der Waals surface area contributed by atoms with E-state index in [0.29, 0.717) is 0 Å². The van der Waals surface area contributed by atoms with E-state index in [-0.39, 0.29) is 19.3 Å². The molecule has 1 aliphatic rings. The lowest BCUT2D eigenvalue weighted by atomic mass is 10.2. The van der Waals surface area contributed by atoms with Gasteiger partial charge in [-0.1, -0.05) is 12.2 Å². The van der Waals surface area contributed by atoms with Gasteiger partial charge in [0.1, 0.15) is 0 Å². The summed E-state index contributed by atoms with van der Waals surface area (Å²) >= 11 is 0. The fourth-order valence-corrected chi connectivity index (χ4v) is 0.845. The van der Waals surface area contributed by atoms with E-state index in [0.717, 1.165) is 5.70 Å². The summed E-state index contributed by atoms with van der Waals surface area (Å²) in [5.74, 6) is 0. The SMILES string of the molecule is OCC1=CC=CC(CO)N1. The molecule has 1 unspecified atom stereocenters. The number of aliphatic hydroxyl groups is 2. The number of rotatable bonds is 2. The monoisotopic (exact) mass is 141 g/mol. The highest BCUT2D eigenvalue weighted by molar-refractivity contribution is 5.19. The zero-order chi connectivity index (χ0) is 7.40. The summed E-state index contributed by atoms with van der Waals surface area (Å²) in [4.78, 5) is 0. The quantitative estimate of drug-likeness (QED) is 0.480. The molecule has 0 aromatic carbocycles. The number of aliphatic hydroxyl groups excluding tert-OH is 2. The minimum Gasteiger partial charge on any atom is -0.394 e. The Labute approximate surface area is 59.7 Å². The highest BCUT2D eigenvalue weighted by Gasteiger charge is 2.06. The van der Waals surface area contributed by atoms with Gasteiger partial charge in [0.05, 0.1) is 19.3 Å². The first-order valence-electron chi connectivity index (χ1n) is 3.22. The predicted molar refractivity (Wildman–Crippen MR) is 38.3 cm³/mol. The number of allylic oxidation sites excluding steroid dienone is 2. The summed E-state index contributed by atoms with van der Waals surface area (Å²) in [6, 6.07) is -0.0350. The van der Waals surface area contributed by atoms with Crippen LogP contribution in [-0.4, -0.2) is 29.5 Å². The normalized spacial score (nSPS) is 23.8. The van der Waals surface area contributed by atoms with Crippen molar-refractivity contribution in [1.29, 1.82) is 0 Å². The Balaban J connectivity index is 2.50. The molecule has 1 heterocycles. The molecule has 0 saturated heterocycles. The van der Waals surface area contributed by atoms with Gasteiger partial charge in [0.15, 0.2) is 0 Å². The Kier molecular flexibility index (Phi) is 2.48. The highest BCUT2D eigenvalue weighted by Crippen LogP contribution is 1.99. The van der Waals surface area contributed by atoms with Crippen LogP contribution in [0.15, 0.2) is 23.9 Å². The molecule has 0 amide bonds. The zero-order valence-electron chi connectivity index (χ0n) is 5.62. The molecular weight excluding hydrogens is 130 g/mol. The van der Waals surface area contributed by atoms with E-state index >= 15 is 0 Å². The molecule has 0 aromatic rings. The summed E-state index contributed by atoms with van der Waals surface area (Å²) in [5, 5.41) is 20.3. The van der Waals surface area contributed by atoms with Crippen LogP contribution >= 0.6 is 0 Å². The molecule has 0 aromatic heterocycles. The Bertz CT molecular complexity index is 163. The van der Waals surface area contributed by atoms with Crippen LogP contribution in [0.1, 0.15) is 0 Å². The molecule has 1 aliphatic heterocycles. The van der Waals surface area contributed by atoms with Crippen LogP contribution in [0.4, 0.5) is 0 Å². The average Bonchev–Trinajstić information content (AvgIpc) is 2.05. The van der Waals surface area contributed by atoms with Crippen LogP contribution in [0.3, 0.4) is 0 Å². The van der Waals surface area contributed by atoms with Crippen molar-refractivity contribution in [2.45, 2.75) is 6.04 Å². The Hall–Kier alpha value is -0.800. The lowest BCUT2D eigenvalue weighted by Crippen LogP contribution is -2.32. The molecule has 0 bridgehead atoms. The summed E-state index contributed by atoms with van der Waals surface area (Å²) in [7, 11) is 0. The Morgan fingerprint density at radius 1 is 1.50 bits per heavy atom. The number of dihydropyridines is 1. The van der Waals surface area contributed by atoms with Gasteiger partial charge >= 0.3 is 0 Å². The molecule has 3 nitrogen and oxygen atoms in total. The van der Waals surface area contributed by atoms with Crippen LogP contribution in [0.25, 0.3) is 0 Å². The van der Waals surface area contributed by atoms with Crippen LogP contribution < -0.4 is 5.32 Å². The van der Waals surface area contributed by atoms with Gasteiger partial charge in [-0.2, -0.15) is 0 Å². The van der Waals surface area contributed by atoms with Crippen LogP contribution in [0.2, 0.25) is 0 Å². The minimum absolute atomic E-state index is 0.000833. The lowest BCUT2D eigenvalue weighted by Gasteiger charge is -2.17. The van der Waals surface area contributed by atoms with Gasteiger partial charge in [0.2, 0.25) is 0 Å². The summed E-state index contributed by atoms with van der Waals surface area (Å²) in [6.45, 7) is 0.0642. The van der Waals surface area contributed by atoms with Gasteiger partial charge in [-0.15, -0.1) is 0 Å². The standard InChI is InChI=1S/C7H11NO2/c9-4-6-2-1-3-7(5-10)8-6/h1-3,6,8-10H,4-5H2. The van der Waals surface area contributed by atoms with Crippen molar-refractivity contribution in [3.05, 3.63) is 23.9 Å². The van der Waals surface area contributed by atoms with Crippen LogP contribution in [0.5, 0.6) is 0 Å². The van der Waals surface area contributed by atoms with E-state index in [9.17, 15) is 0 Å².